The molecule has 0 radical (unpaired) electrons. The summed E-state index contributed by atoms with van der Waals surface area (Å²) in [6.45, 7) is 7.95. The number of nitrogens with zero attached hydrogens (tertiary/aromatic N) is 2. The van der Waals surface area contributed by atoms with E-state index in [-0.39, 0.29) is 18.5 Å². The Hall–Kier alpha value is -1.60. The van der Waals surface area contributed by atoms with E-state index in [0.717, 1.165) is 31.0 Å². The third-order valence-corrected chi connectivity index (χ3v) is 6.45. The van der Waals surface area contributed by atoms with Crippen LogP contribution in [0.15, 0.2) is 24.3 Å². The molecule has 1 aliphatic rings. The molecule has 7 heteroatoms. The molecule has 1 aromatic rings. The molecule has 6 nitrogen and oxygen atoms in total. The molecule has 0 saturated carbocycles. The Bertz CT molecular complexity index is 695. The van der Waals surface area contributed by atoms with Crippen LogP contribution in [0.25, 0.3) is 0 Å². The van der Waals surface area contributed by atoms with Gasteiger partial charge in [0.25, 0.3) is 0 Å². The maximum absolute atomic E-state index is 12.3. The van der Waals surface area contributed by atoms with Gasteiger partial charge in [-0.2, -0.15) is 4.31 Å². The van der Waals surface area contributed by atoms with Crippen molar-refractivity contribution < 1.29 is 13.2 Å². The minimum Gasteiger partial charge on any atom is -0.372 e. The van der Waals surface area contributed by atoms with Gasteiger partial charge in [-0.05, 0) is 56.4 Å². The van der Waals surface area contributed by atoms with Crippen molar-refractivity contribution in [3.63, 3.8) is 0 Å². The summed E-state index contributed by atoms with van der Waals surface area (Å²) in [7, 11) is -3.42. The van der Waals surface area contributed by atoms with Crippen molar-refractivity contribution in [2.75, 3.05) is 36.1 Å². The van der Waals surface area contributed by atoms with Gasteiger partial charge >= 0.3 is 0 Å². The van der Waals surface area contributed by atoms with Crippen molar-refractivity contribution in [3.8, 4) is 0 Å². The lowest BCUT2D eigenvalue weighted by molar-refractivity contribution is -0.116. The van der Waals surface area contributed by atoms with Crippen LogP contribution in [0, 0.1) is 5.92 Å². The third-order valence-electron chi connectivity index (χ3n) is 5.11. The fourth-order valence-electron chi connectivity index (χ4n) is 3.17. The fraction of sp³-hybridized carbons (Fsp3) is 0.632. The van der Waals surface area contributed by atoms with Crippen molar-refractivity contribution in [1.82, 2.24) is 4.31 Å². The molecular weight excluding hydrogens is 350 g/mol. The number of nitrogens with one attached hydrogen (secondary N) is 1. The first-order valence-electron chi connectivity index (χ1n) is 9.32. The monoisotopic (exact) mass is 381 g/mol. The number of anilines is 2. The Labute approximate surface area is 157 Å². The standard InChI is InChI=1S/C19H31N3O3S/c1-5-16(3)22(26(4,24)25)14-19(23)20-17-6-8-18(9-7-17)21-12-10-15(2)11-13-21/h6-9,15-16H,5,10-14H2,1-4H3,(H,20,23). The second-order valence-electron chi connectivity index (χ2n) is 7.33. The van der Waals surface area contributed by atoms with Gasteiger partial charge in [-0.3, -0.25) is 4.79 Å². The molecule has 1 amide bonds. The van der Waals surface area contributed by atoms with Crippen LogP contribution in [0.5, 0.6) is 0 Å². The fourth-order valence-corrected chi connectivity index (χ4v) is 4.32. The summed E-state index contributed by atoms with van der Waals surface area (Å²) in [5, 5.41) is 2.80. The second kappa shape index (κ2) is 8.86. The quantitative estimate of drug-likeness (QED) is 0.788. The van der Waals surface area contributed by atoms with Crippen LogP contribution in [0.2, 0.25) is 0 Å². The van der Waals surface area contributed by atoms with Crippen LogP contribution in [0.1, 0.15) is 40.0 Å². The maximum atomic E-state index is 12.3. The predicted molar refractivity (Wildman–Crippen MR) is 107 cm³/mol. The highest BCUT2D eigenvalue weighted by molar-refractivity contribution is 7.88. The average Bonchev–Trinajstić information content (AvgIpc) is 2.59. The number of piperidine rings is 1. The summed E-state index contributed by atoms with van der Waals surface area (Å²) in [6.07, 6.45) is 4.20. The molecule has 0 aliphatic carbocycles. The summed E-state index contributed by atoms with van der Waals surface area (Å²) in [4.78, 5) is 14.6. The van der Waals surface area contributed by atoms with Crippen LogP contribution in [-0.4, -0.2) is 50.6 Å². The van der Waals surface area contributed by atoms with Crippen LogP contribution >= 0.6 is 0 Å². The molecule has 1 heterocycles. The molecule has 26 heavy (non-hydrogen) atoms. The molecule has 1 fully saturated rings. The van der Waals surface area contributed by atoms with E-state index in [1.807, 2.05) is 38.1 Å². The Morgan fingerprint density at radius 3 is 2.35 bits per heavy atom. The molecule has 146 valence electrons. The van der Waals surface area contributed by atoms with E-state index in [1.165, 1.54) is 17.1 Å². The number of carbonyl (C=O) groups is 1. The Kier molecular flexibility index (Phi) is 7.06. The first kappa shape index (κ1) is 20.7. The minimum atomic E-state index is -3.42. The normalized spacial score (nSPS) is 17.3. The van der Waals surface area contributed by atoms with Crippen LogP contribution in [0.4, 0.5) is 11.4 Å². The lowest BCUT2D eigenvalue weighted by Gasteiger charge is -2.32. The van der Waals surface area contributed by atoms with Gasteiger partial charge in [0, 0.05) is 30.5 Å². The van der Waals surface area contributed by atoms with Gasteiger partial charge in [-0.15, -0.1) is 0 Å². The van der Waals surface area contributed by atoms with Crippen LogP contribution in [0.3, 0.4) is 0 Å². The molecule has 1 N–H and O–H groups in total. The summed E-state index contributed by atoms with van der Waals surface area (Å²) in [5.41, 5.74) is 1.84. The van der Waals surface area contributed by atoms with Crippen molar-refractivity contribution in [2.24, 2.45) is 5.92 Å². The van der Waals surface area contributed by atoms with Crippen LogP contribution < -0.4 is 10.2 Å². The van der Waals surface area contributed by atoms with E-state index in [0.29, 0.717) is 12.1 Å². The SMILES string of the molecule is CCC(C)N(CC(=O)Nc1ccc(N2CCC(C)CC2)cc1)S(C)(=O)=O. The van der Waals surface area contributed by atoms with E-state index in [4.69, 9.17) is 0 Å². The van der Waals surface area contributed by atoms with Gasteiger partial charge in [0.15, 0.2) is 0 Å². The molecule has 1 aliphatic heterocycles. The van der Waals surface area contributed by atoms with Crippen molar-refractivity contribution >= 4 is 27.3 Å². The van der Waals surface area contributed by atoms with Gasteiger partial charge in [0.2, 0.25) is 15.9 Å². The Morgan fingerprint density at radius 1 is 1.27 bits per heavy atom. The molecule has 0 bridgehead atoms. The van der Waals surface area contributed by atoms with E-state index in [2.05, 4.69) is 17.1 Å². The Morgan fingerprint density at radius 2 is 1.85 bits per heavy atom. The zero-order valence-electron chi connectivity index (χ0n) is 16.2. The van der Waals surface area contributed by atoms with Gasteiger partial charge in [0.05, 0.1) is 12.8 Å². The highest BCUT2D eigenvalue weighted by Gasteiger charge is 2.24. The van der Waals surface area contributed by atoms with Gasteiger partial charge in [0.1, 0.15) is 0 Å². The number of amides is 1. The van der Waals surface area contributed by atoms with Crippen molar-refractivity contribution in [1.29, 1.82) is 0 Å². The highest BCUT2D eigenvalue weighted by atomic mass is 32.2. The number of sulfonamides is 1. The minimum absolute atomic E-state index is 0.167. The molecular formula is C19H31N3O3S. The zero-order valence-corrected chi connectivity index (χ0v) is 17.1. The molecule has 0 spiro atoms. The number of benzene rings is 1. The molecule has 1 saturated heterocycles. The lowest BCUT2D eigenvalue weighted by atomic mass is 9.99. The highest BCUT2D eigenvalue weighted by Crippen LogP contribution is 2.24. The van der Waals surface area contributed by atoms with Crippen molar-refractivity contribution in [2.45, 2.75) is 46.1 Å². The number of rotatable bonds is 7. The zero-order chi connectivity index (χ0) is 19.3. The molecule has 1 unspecified atom stereocenters. The average molecular weight is 382 g/mol. The van der Waals surface area contributed by atoms with E-state index in [9.17, 15) is 13.2 Å². The van der Waals surface area contributed by atoms with E-state index < -0.39 is 10.0 Å². The van der Waals surface area contributed by atoms with E-state index in [1.54, 1.807) is 0 Å². The summed E-state index contributed by atoms with van der Waals surface area (Å²) < 4.78 is 25.0. The maximum Gasteiger partial charge on any atom is 0.239 e. The largest absolute Gasteiger partial charge is 0.372 e. The van der Waals surface area contributed by atoms with Crippen molar-refractivity contribution in [3.05, 3.63) is 24.3 Å². The topological polar surface area (TPSA) is 69.7 Å². The number of hydrogen-bond donors (Lipinski definition) is 1. The van der Waals surface area contributed by atoms with Crippen LogP contribution in [-0.2, 0) is 14.8 Å². The molecule has 2 rings (SSSR count). The first-order chi connectivity index (χ1) is 12.2. The molecule has 1 aromatic carbocycles. The summed E-state index contributed by atoms with van der Waals surface area (Å²) in [6, 6.07) is 7.56. The number of hydrogen-bond acceptors (Lipinski definition) is 4. The second-order valence-corrected chi connectivity index (χ2v) is 9.27. The smallest absolute Gasteiger partial charge is 0.239 e. The molecule has 0 aromatic heterocycles. The number of carbonyl (C=O) groups excluding carboxylic acids is 1. The Balaban J connectivity index is 1.96. The van der Waals surface area contributed by atoms with Gasteiger partial charge in [-0.25, -0.2) is 8.42 Å². The molecule has 1 atom stereocenters. The predicted octanol–water partition coefficient (Wildman–Crippen LogP) is 2.92. The summed E-state index contributed by atoms with van der Waals surface area (Å²) >= 11 is 0. The lowest BCUT2D eigenvalue weighted by Crippen LogP contribution is -2.42. The summed E-state index contributed by atoms with van der Waals surface area (Å²) in [5.74, 6) is 0.461. The van der Waals surface area contributed by atoms with E-state index >= 15 is 0 Å². The third kappa shape index (κ3) is 5.71. The first-order valence-corrected chi connectivity index (χ1v) is 11.2. The van der Waals surface area contributed by atoms with Gasteiger partial charge < -0.3 is 10.2 Å². The van der Waals surface area contributed by atoms with Gasteiger partial charge in [-0.1, -0.05) is 13.8 Å².